The largest absolute Gasteiger partial charge is 0.303 e. The fraction of sp³-hybridized carbons (Fsp3) is 0.647. The number of hydrogen-bond donors (Lipinski definition) is 0. The lowest BCUT2D eigenvalue weighted by molar-refractivity contribution is 0.287. The third kappa shape index (κ3) is 4.13. The lowest BCUT2D eigenvalue weighted by Gasteiger charge is -2.20. The van der Waals surface area contributed by atoms with Crippen LogP contribution in [0, 0.1) is 5.92 Å². The van der Waals surface area contributed by atoms with Crippen LogP contribution >= 0.6 is 0 Å². The second-order valence-electron chi connectivity index (χ2n) is 5.88. The van der Waals surface area contributed by atoms with Crippen molar-refractivity contribution in [2.24, 2.45) is 5.92 Å². The predicted octanol–water partition coefficient (Wildman–Crippen LogP) is 3.91. The Labute approximate surface area is 112 Å². The van der Waals surface area contributed by atoms with Crippen molar-refractivity contribution in [2.45, 2.75) is 46.0 Å². The van der Waals surface area contributed by atoms with Crippen LogP contribution in [0.3, 0.4) is 0 Å². The second kappa shape index (κ2) is 6.94. The Morgan fingerprint density at radius 3 is 2.28 bits per heavy atom. The summed E-state index contributed by atoms with van der Waals surface area (Å²) in [6.07, 6.45) is 6.48. The summed E-state index contributed by atoms with van der Waals surface area (Å²) in [5.41, 5.74) is 2.98. The molecule has 1 aromatic rings. The highest BCUT2D eigenvalue weighted by Crippen LogP contribution is 2.15. The van der Waals surface area contributed by atoms with Crippen LogP contribution in [0.25, 0.3) is 0 Å². The molecule has 100 valence electrons. The maximum Gasteiger partial charge on any atom is 0.00102 e. The van der Waals surface area contributed by atoms with Crippen molar-refractivity contribution in [3.8, 4) is 0 Å². The first-order valence-electron chi connectivity index (χ1n) is 7.58. The molecule has 0 unspecified atom stereocenters. The van der Waals surface area contributed by atoms with Crippen LogP contribution in [-0.2, 0) is 12.8 Å². The van der Waals surface area contributed by atoms with Crippen LogP contribution in [0.1, 0.15) is 44.2 Å². The lowest BCUT2D eigenvalue weighted by atomic mass is 9.99. The molecule has 0 bridgehead atoms. The molecule has 1 aromatic carbocycles. The van der Waals surface area contributed by atoms with E-state index in [4.69, 9.17) is 0 Å². The highest BCUT2D eigenvalue weighted by atomic mass is 15.1. The Hall–Kier alpha value is -0.820. The highest BCUT2D eigenvalue weighted by Gasteiger charge is 2.14. The number of rotatable bonds is 6. The molecular formula is C17H27N. The van der Waals surface area contributed by atoms with Gasteiger partial charge in [0.05, 0.1) is 0 Å². The maximum atomic E-state index is 2.62. The van der Waals surface area contributed by atoms with Gasteiger partial charge in [0.25, 0.3) is 0 Å². The Balaban J connectivity index is 1.80. The Kier molecular flexibility index (Phi) is 5.25. The van der Waals surface area contributed by atoms with E-state index in [0.717, 1.165) is 5.92 Å². The molecule has 18 heavy (non-hydrogen) atoms. The van der Waals surface area contributed by atoms with Crippen molar-refractivity contribution in [2.75, 3.05) is 19.6 Å². The van der Waals surface area contributed by atoms with Crippen LogP contribution in [0.4, 0.5) is 0 Å². The van der Waals surface area contributed by atoms with Gasteiger partial charge in [-0.15, -0.1) is 0 Å². The van der Waals surface area contributed by atoms with Crippen LogP contribution in [0.2, 0.25) is 0 Å². The summed E-state index contributed by atoms with van der Waals surface area (Å²) in [5.74, 6) is 0.778. The smallest absolute Gasteiger partial charge is 0.00102 e. The highest BCUT2D eigenvalue weighted by molar-refractivity contribution is 5.23. The molecule has 1 nitrogen and oxygen atoms in total. The Morgan fingerprint density at radius 2 is 1.67 bits per heavy atom. The molecule has 0 aliphatic carbocycles. The van der Waals surface area contributed by atoms with Crippen LogP contribution < -0.4 is 0 Å². The second-order valence-corrected chi connectivity index (χ2v) is 5.88. The number of aryl methyl sites for hydroxylation is 1. The first kappa shape index (κ1) is 13.6. The van der Waals surface area contributed by atoms with Crippen LogP contribution in [-0.4, -0.2) is 24.5 Å². The average molecular weight is 245 g/mol. The molecular weight excluding hydrogens is 218 g/mol. The van der Waals surface area contributed by atoms with E-state index in [0.29, 0.717) is 0 Å². The molecule has 0 amide bonds. The van der Waals surface area contributed by atoms with Gasteiger partial charge >= 0.3 is 0 Å². The minimum absolute atomic E-state index is 0.778. The molecule has 1 fully saturated rings. The summed E-state index contributed by atoms with van der Waals surface area (Å²) in [6.45, 7) is 8.54. The molecule has 0 aromatic heterocycles. The molecule has 0 spiro atoms. The fourth-order valence-corrected chi connectivity index (χ4v) is 3.00. The molecule has 2 rings (SSSR count). The van der Waals surface area contributed by atoms with Crippen molar-refractivity contribution in [1.82, 2.24) is 4.90 Å². The van der Waals surface area contributed by atoms with Gasteiger partial charge in [-0.05, 0) is 55.8 Å². The summed E-state index contributed by atoms with van der Waals surface area (Å²) in [7, 11) is 0. The van der Waals surface area contributed by atoms with Gasteiger partial charge in [-0.25, -0.2) is 0 Å². The van der Waals surface area contributed by atoms with E-state index in [2.05, 4.69) is 43.0 Å². The molecule has 1 atom stereocenters. The van der Waals surface area contributed by atoms with Gasteiger partial charge in [0, 0.05) is 6.54 Å². The number of likely N-dealkylation sites (tertiary alicyclic amines) is 1. The van der Waals surface area contributed by atoms with Crippen molar-refractivity contribution in [3.05, 3.63) is 35.4 Å². The van der Waals surface area contributed by atoms with Gasteiger partial charge in [0.15, 0.2) is 0 Å². The number of benzene rings is 1. The fourth-order valence-electron chi connectivity index (χ4n) is 3.00. The van der Waals surface area contributed by atoms with E-state index in [1.54, 1.807) is 0 Å². The first-order chi connectivity index (χ1) is 8.78. The molecule has 0 saturated carbocycles. The van der Waals surface area contributed by atoms with Gasteiger partial charge in [-0.3, -0.25) is 0 Å². The Morgan fingerprint density at radius 1 is 1.06 bits per heavy atom. The van der Waals surface area contributed by atoms with E-state index in [-0.39, 0.29) is 0 Å². The molecule has 1 heteroatoms. The van der Waals surface area contributed by atoms with E-state index in [1.165, 1.54) is 62.9 Å². The topological polar surface area (TPSA) is 3.24 Å². The van der Waals surface area contributed by atoms with Gasteiger partial charge < -0.3 is 4.90 Å². The summed E-state index contributed by atoms with van der Waals surface area (Å²) in [4.78, 5) is 2.62. The van der Waals surface area contributed by atoms with Crippen molar-refractivity contribution in [1.29, 1.82) is 0 Å². The standard InChI is InChI=1S/C17H27N/c1-3-6-16-7-9-17(10-8-16)13-15(2)14-18-11-4-5-12-18/h7-10,15H,3-6,11-14H2,1-2H3/t15-/m0/s1. The van der Waals surface area contributed by atoms with E-state index in [1.807, 2.05) is 0 Å². The van der Waals surface area contributed by atoms with Crippen molar-refractivity contribution >= 4 is 0 Å². The quantitative estimate of drug-likeness (QED) is 0.734. The lowest BCUT2D eigenvalue weighted by Crippen LogP contribution is -2.26. The van der Waals surface area contributed by atoms with Crippen molar-refractivity contribution < 1.29 is 0 Å². The zero-order valence-electron chi connectivity index (χ0n) is 12.0. The molecule has 1 aliphatic rings. The summed E-state index contributed by atoms with van der Waals surface area (Å²) in [6, 6.07) is 9.26. The minimum Gasteiger partial charge on any atom is -0.303 e. The molecule has 1 heterocycles. The van der Waals surface area contributed by atoms with Crippen LogP contribution in [0.15, 0.2) is 24.3 Å². The molecule has 1 saturated heterocycles. The predicted molar refractivity (Wildman–Crippen MR) is 79.0 cm³/mol. The zero-order chi connectivity index (χ0) is 12.8. The summed E-state index contributed by atoms with van der Waals surface area (Å²) in [5, 5.41) is 0. The average Bonchev–Trinajstić information content (AvgIpc) is 2.84. The zero-order valence-corrected chi connectivity index (χ0v) is 12.0. The van der Waals surface area contributed by atoms with Crippen LogP contribution in [0.5, 0.6) is 0 Å². The summed E-state index contributed by atoms with van der Waals surface area (Å²) < 4.78 is 0. The van der Waals surface area contributed by atoms with E-state index < -0.39 is 0 Å². The Bertz CT molecular complexity index is 335. The molecule has 0 radical (unpaired) electrons. The third-order valence-corrected chi connectivity index (χ3v) is 3.91. The molecule has 1 aliphatic heterocycles. The maximum absolute atomic E-state index is 2.62. The van der Waals surface area contributed by atoms with E-state index >= 15 is 0 Å². The number of nitrogens with zero attached hydrogens (tertiary/aromatic N) is 1. The van der Waals surface area contributed by atoms with Gasteiger partial charge in [-0.1, -0.05) is 44.5 Å². The van der Waals surface area contributed by atoms with E-state index in [9.17, 15) is 0 Å². The molecule has 0 N–H and O–H groups in total. The number of hydrogen-bond acceptors (Lipinski definition) is 1. The monoisotopic (exact) mass is 245 g/mol. The van der Waals surface area contributed by atoms with Gasteiger partial charge in [0.2, 0.25) is 0 Å². The van der Waals surface area contributed by atoms with Gasteiger partial charge in [0.1, 0.15) is 0 Å². The van der Waals surface area contributed by atoms with Gasteiger partial charge in [-0.2, -0.15) is 0 Å². The minimum atomic E-state index is 0.778. The summed E-state index contributed by atoms with van der Waals surface area (Å²) >= 11 is 0. The normalized spacial score (nSPS) is 18.1. The first-order valence-corrected chi connectivity index (χ1v) is 7.58. The SMILES string of the molecule is CCCc1ccc(C[C@H](C)CN2CCCC2)cc1. The van der Waals surface area contributed by atoms with Crippen molar-refractivity contribution in [3.63, 3.8) is 0 Å². The third-order valence-electron chi connectivity index (χ3n) is 3.91.